The van der Waals surface area contributed by atoms with Crippen LogP contribution < -0.4 is 9.64 Å². The summed E-state index contributed by atoms with van der Waals surface area (Å²) in [4.78, 5) is 15.8. The Morgan fingerprint density at radius 3 is 2.62 bits per heavy atom. The van der Waals surface area contributed by atoms with Crippen LogP contribution in [0.5, 0.6) is 5.75 Å². The van der Waals surface area contributed by atoms with Gasteiger partial charge in [-0.2, -0.15) is 0 Å². The average molecular weight is 354 g/mol. The molecule has 0 spiro atoms. The zero-order valence-corrected chi connectivity index (χ0v) is 13.9. The van der Waals surface area contributed by atoms with Crippen LogP contribution in [0.25, 0.3) is 0 Å². The molecule has 1 amide bonds. The molecule has 1 N–H and O–H groups in total. The van der Waals surface area contributed by atoms with E-state index in [2.05, 4.69) is 22.5 Å². The van der Waals surface area contributed by atoms with Gasteiger partial charge >= 0.3 is 0 Å². The van der Waals surface area contributed by atoms with E-state index >= 15 is 0 Å². The molecule has 0 aliphatic carbocycles. The van der Waals surface area contributed by atoms with Crippen LogP contribution >= 0.6 is 15.9 Å². The van der Waals surface area contributed by atoms with Gasteiger partial charge in [0.2, 0.25) is 0 Å². The summed E-state index contributed by atoms with van der Waals surface area (Å²) in [6.07, 6.45) is 1.48. The zero-order chi connectivity index (χ0) is 15.2. The molecule has 114 valence electrons. The van der Waals surface area contributed by atoms with Crippen LogP contribution in [0.1, 0.15) is 6.92 Å². The van der Waals surface area contributed by atoms with Gasteiger partial charge in [-0.25, -0.2) is 0 Å². The van der Waals surface area contributed by atoms with Gasteiger partial charge in [-0.15, -0.1) is 0 Å². The number of benzene rings is 1. The van der Waals surface area contributed by atoms with Crippen molar-refractivity contribution < 1.29 is 14.4 Å². The smallest absolute Gasteiger partial charge is 0.263 e. The molecule has 4 nitrogen and oxygen atoms in total. The number of quaternary nitrogens is 1. The molecule has 1 aliphatic rings. The molecule has 0 aromatic heterocycles. The largest absolute Gasteiger partial charge is 0.481 e. The number of piperazine rings is 1. The second kappa shape index (κ2) is 7.61. The Kier molecular flexibility index (Phi) is 5.82. The fourth-order valence-corrected chi connectivity index (χ4v) is 2.74. The lowest BCUT2D eigenvalue weighted by Gasteiger charge is -2.33. The van der Waals surface area contributed by atoms with Crippen molar-refractivity contribution in [3.63, 3.8) is 0 Å². The van der Waals surface area contributed by atoms with Gasteiger partial charge in [0, 0.05) is 4.47 Å². The van der Waals surface area contributed by atoms with E-state index in [1.54, 1.807) is 0 Å². The van der Waals surface area contributed by atoms with Gasteiger partial charge in [0.05, 0.1) is 32.7 Å². The maximum Gasteiger partial charge on any atom is 0.263 e. The van der Waals surface area contributed by atoms with E-state index in [-0.39, 0.29) is 5.91 Å². The van der Waals surface area contributed by atoms with Crippen LogP contribution in [0.2, 0.25) is 0 Å². The number of rotatable bonds is 5. The van der Waals surface area contributed by atoms with Crippen molar-refractivity contribution in [1.29, 1.82) is 0 Å². The highest BCUT2D eigenvalue weighted by atomic mass is 79.9. The van der Waals surface area contributed by atoms with Crippen molar-refractivity contribution in [2.75, 3.05) is 32.7 Å². The molecule has 0 bridgehead atoms. The van der Waals surface area contributed by atoms with Crippen LogP contribution in [0, 0.1) is 0 Å². The Morgan fingerprint density at radius 1 is 1.43 bits per heavy atom. The summed E-state index contributed by atoms with van der Waals surface area (Å²) < 4.78 is 6.72. The predicted octanol–water partition coefficient (Wildman–Crippen LogP) is 1.13. The molecule has 1 aromatic carbocycles. The second-order valence-electron chi connectivity index (χ2n) is 5.28. The van der Waals surface area contributed by atoms with E-state index in [4.69, 9.17) is 4.74 Å². The molecule has 1 atom stereocenters. The van der Waals surface area contributed by atoms with Crippen LogP contribution in [-0.2, 0) is 4.79 Å². The number of carbonyl (C=O) groups excluding carboxylic acids is 1. The van der Waals surface area contributed by atoms with E-state index < -0.39 is 6.10 Å². The lowest BCUT2D eigenvalue weighted by atomic mass is 10.2. The molecule has 5 heteroatoms. The standard InChI is InChI=1S/C16H21BrN2O2/c1-3-8-18-9-11-19(12-10-18)16(20)13(2)21-15-6-4-14(17)5-7-15/h3-7,13H,1,8-12H2,2H3/p+1/t13-/m1/s1. The number of ether oxygens (including phenoxy) is 1. The first-order chi connectivity index (χ1) is 10.1. The van der Waals surface area contributed by atoms with Crippen molar-refractivity contribution in [3.05, 3.63) is 41.4 Å². The SMILES string of the molecule is C=CC[NH+]1CCN(C(=O)[C@@H](C)Oc2ccc(Br)cc2)CC1. The normalized spacial score (nSPS) is 17.3. The maximum absolute atomic E-state index is 12.4. The minimum Gasteiger partial charge on any atom is -0.481 e. The highest BCUT2D eigenvalue weighted by molar-refractivity contribution is 9.10. The summed E-state index contributed by atoms with van der Waals surface area (Å²) in [5.74, 6) is 0.783. The van der Waals surface area contributed by atoms with Gasteiger partial charge in [-0.1, -0.05) is 22.5 Å². The quantitative estimate of drug-likeness (QED) is 0.805. The van der Waals surface area contributed by atoms with Crippen LogP contribution in [0.4, 0.5) is 0 Å². The molecular weight excluding hydrogens is 332 g/mol. The summed E-state index contributed by atoms with van der Waals surface area (Å²) in [5, 5.41) is 0. The Balaban J connectivity index is 1.85. The van der Waals surface area contributed by atoms with Crippen molar-refractivity contribution >= 4 is 21.8 Å². The lowest BCUT2D eigenvalue weighted by Crippen LogP contribution is -3.14. The van der Waals surface area contributed by atoms with Crippen molar-refractivity contribution in [2.24, 2.45) is 0 Å². The number of hydrogen-bond acceptors (Lipinski definition) is 2. The van der Waals surface area contributed by atoms with Gasteiger partial charge in [-0.3, -0.25) is 4.79 Å². The summed E-state index contributed by atoms with van der Waals surface area (Å²) >= 11 is 3.38. The highest BCUT2D eigenvalue weighted by Crippen LogP contribution is 2.17. The van der Waals surface area contributed by atoms with E-state index in [0.717, 1.165) is 42.9 Å². The Morgan fingerprint density at radius 2 is 2.05 bits per heavy atom. The Labute approximate surface area is 134 Å². The summed E-state index contributed by atoms with van der Waals surface area (Å²) in [7, 11) is 0. The zero-order valence-electron chi connectivity index (χ0n) is 12.3. The Bertz CT molecular complexity index is 482. The van der Waals surface area contributed by atoms with Crippen LogP contribution in [0.3, 0.4) is 0 Å². The van der Waals surface area contributed by atoms with Crippen molar-refractivity contribution in [2.45, 2.75) is 13.0 Å². The minimum absolute atomic E-state index is 0.0653. The van der Waals surface area contributed by atoms with Crippen molar-refractivity contribution in [3.8, 4) is 5.75 Å². The number of nitrogens with one attached hydrogen (secondary N) is 1. The molecule has 0 radical (unpaired) electrons. The molecule has 1 aliphatic heterocycles. The maximum atomic E-state index is 12.4. The van der Waals surface area contributed by atoms with E-state index in [0.29, 0.717) is 0 Å². The number of hydrogen-bond donors (Lipinski definition) is 1. The highest BCUT2D eigenvalue weighted by Gasteiger charge is 2.27. The van der Waals surface area contributed by atoms with Gasteiger partial charge in [-0.05, 0) is 37.3 Å². The molecule has 0 unspecified atom stereocenters. The average Bonchev–Trinajstić information content (AvgIpc) is 2.50. The van der Waals surface area contributed by atoms with Crippen molar-refractivity contribution in [1.82, 2.24) is 4.90 Å². The second-order valence-corrected chi connectivity index (χ2v) is 6.20. The third kappa shape index (κ3) is 4.58. The summed E-state index contributed by atoms with van der Waals surface area (Å²) in [5.41, 5.74) is 0. The minimum atomic E-state index is -0.452. The number of carbonyl (C=O) groups is 1. The first-order valence-corrected chi connectivity index (χ1v) is 8.05. The van der Waals surface area contributed by atoms with E-state index in [1.807, 2.05) is 42.2 Å². The molecule has 1 aromatic rings. The summed E-state index contributed by atoms with van der Waals surface area (Å²) in [6, 6.07) is 7.54. The van der Waals surface area contributed by atoms with E-state index in [1.165, 1.54) is 4.90 Å². The number of nitrogens with zero attached hydrogens (tertiary/aromatic N) is 1. The van der Waals surface area contributed by atoms with Gasteiger partial charge < -0.3 is 14.5 Å². The first-order valence-electron chi connectivity index (χ1n) is 7.25. The van der Waals surface area contributed by atoms with Crippen LogP contribution in [0.15, 0.2) is 41.4 Å². The van der Waals surface area contributed by atoms with Crippen LogP contribution in [-0.4, -0.2) is 49.6 Å². The molecule has 21 heavy (non-hydrogen) atoms. The molecular formula is C16H22BrN2O2+. The fraction of sp³-hybridized carbons (Fsp3) is 0.438. The molecule has 1 saturated heterocycles. The summed E-state index contributed by atoms with van der Waals surface area (Å²) in [6.45, 7) is 10.1. The predicted molar refractivity (Wildman–Crippen MR) is 86.6 cm³/mol. The Hall–Kier alpha value is -1.33. The first kappa shape index (κ1) is 16.0. The monoisotopic (exact) mass is 353 g/mol. The molecule has 0 saturated carbocycles. The number of halogens is 1. The van der Waals surface area contributed by atoms with Gasteiger partial charge in [0.25, 0.3) is 5.91 Å². The lowest BCUT2D eigenvalue weighted by molar-refractivity contribution is -0.898. The van der Waals surface area contributed by atoms with Gasteiger partial charge in [0.15, 0.2) is 6.10 Å². The topological polar surface area (TPSA) is 34.0 Å². The molecule has 1 heterocycles. The van der Waals surface area contributed by atoms with Gasteiger partial charge in [0.1, 0.15) is 5.75 Å². The van der Waals surface area contributed by atoms with E-state index in [9.17, 15) is 4.79 Å². The molecule has 2 rings (SSSR count). The third-order valence-electron chi connectivity index (χ3n) is 3.69. The fourth-order valence-electron chi connectivity index (χ4n) is 2.48. The third-order valence-corrected chi connectivity index (χ3v) is 4.22. The molecule has 1 fully saturated rings. The number of amides is 1.